The lowest BCUT2D eigenvalue weighted by atomic mass is 10.3. The van der Waals surface area contributed by atoms with Gasteiger partial charge in [-0.25, -0.2) is 4.98 Å². The fraction of sp³-hybridized carbons (Fsp3) is 0.200. The Bertz CT molecular complexity index is 718. The normalized spacial score (nSPS) is 11.1. The van der Waals surface area contributed by atoms with Crippen molar-refractivity contribution in [3.8, 4) is 17.4 Å². The Hall–Kier alpha value is -2.15. The highest BCUT2D eigenvalue weighted by atomic mass is 35.5. The zero-order valence-electron chi connectivity index (χ0n) is 9.70. The molecule has 0 aliphatic heterocycles. The summed E-state index contributed by atoms with van der Waals surface area (Å²) in [6, 6.07) is 3.79. The van der Waals surface area contributed by atoms with Gasteiger partial charge < -0.3 is 4.74 Å². The second kappa shape index (κ2) is 3.95. The molecule has 3 heterocycles. The molecule has 0 saturated heterocycles. The summed E-state index contributed by atoms with van der Waals surface area (Å²) < 4.78 is 8.08. The third-order valence-corrected chi connectivity index (χ3v) is 2.78. The van der Waals surface area contributed by atoms with E-state index in [0.717, 1.165) is 5.69 Å². The predicted molar refractivity (Wildman–Crippen MR) is 64.5 cm³/mol. The largest absolute Gasteiger partial charge is 0.466 e. The van der Waals surface area contributed by atoms with Crippen molar-refractivity contribution >= 4 is 17.4 Å². The molecule has 0 N–H and O–H groups in total. The maximum Gasteiger partial charge on any atom is 0.337 e. The van der Waals surface area contributed by atoms with E-state index in [1.54, 1.807) is 16.9 Å². The zero-order valence-corrected chi connectivity index (χ0v) is 10.5. The van der Waals surface area contributed by atoms with Crippen molar-refractivity contribution in [3.05, 3.63) is 23.5 Å². The molecule has 0 bridgehead atoms. The topological polar surface area (TPSA) is 70.1 Å². The van der Waals surface area contributed by atoms with Crippen molar-refractivity contribution in [1.29, 1.82) is 0 Å². The Labute approximate surface area is 107 Å². The summed E-state index contributed by atoms with van der Waals surface area (Å²) in [6.07, 6.45) is 1.69. The molecular formula is C10H9ClN6O. The van der Waals surface area contributed by atoms with Crippen LogP contribution in [0, 0.1) is 0 Å². The highest BCUT2D eigenvalue weighted by molar-refractivity contribution is 6.29. The Morgan fingerprint density at radius 1 is 1.33 bits per heavy atom. The van der Waals surface area contributed by atoms with E-state index in [9.17, 15) is 0 Å². The first-order valence-electron chi connectivity index (χ1n) is 5.14. The molecule has 0 fully saturated rings. The number of methoxy groups -OCH3 is 1. The van der Waals surface area contributed by atoms with E-state index in [1.165, 1.54) is 11.6 Å². The van der Waals surface area contributed by atoms with Crippen molar-refractivity contribution in [3.63, 3.8) is 0 Å². The summed E-state index contributed by atoms with van der Waals surface area (Å²) in [5.41, 5.74) is 1.53. The Morgan fingerprint density at radius 2 is 2.17 bits per heavy atom. The van der Waals surface area contributed by atoms with Gasteiger partial charge in [0.05, 0.1) is 18.5 Å². The highest BCUT2D eigenvalue weighted by Gasteiger charge is 2.12. The molecule has 0 saturated carbocycles. The molecule has 0 spiro atoms. The molecule has 0 unspecified atom stereocenters. The van der Waals surface area contributed by atoms with Crippen molar-refractivity contribution < 1.29 is 4.74 Å². The van der Waals surface area contributed by atoms with Gasteiger partial charge in [0.25, 0.3) is 5.78 Å². The first-order chi connectivity index (χ1) is 8.69. The number of fused-ring (bicyclic) bond motifs is 1. The summed E-state index contributed by atoms with van der Waals surface area (Å²) >= 11 is 6.14. The fourth-order valence-electron chi connectivity index (χ4n) is 1.66. The minimum atomic E-state index is 0.228. The number of halogens is 1. The first-order valence-corrected chi connectivity index (χ1v) is 5.52. The number of hydrogen-bond donors (Lipinski definition) is 0. The molecule has 0 aromatic carbocycles. The Kier molecular flexibility index (Phi) is 2.41. The maximum absolute atomic E-state index is 6.14. The van der Waals surface area contributed by atoms with Gasteiger partial charge in [0, 0.05) is 19.3 Å². The molecule has 92 valence electrons. The van der Waals surface area contributed by atoms with Crippen LogP contribution in [0.15, 0.2) is 18.3 Å². The van der Waals surface area contributed by atoms with E-state index in [2.05, 4.69) is 20.2 Å². The molecule has 3 rings (SSSR count). The smallest absolute Gasteiger partial charge is 0.337 e. The predicted octanol–water partition coefficient (Wildman–Crippen LogP) is 1.19. The van der Waals surface area contributed by atoms with E-state index in [4.69, 9.17) is 16.3 Å². The molecule has 0 atom stereocenters. The molecule has 0 aliphatic carbocycles. The molecule has 0 aliphatic rings. The second-order valence-electron chi connectivity index (χ2n) is 3.61. The van der Waals surface area contributed by atoms with Crippen LogP contribution in [0.1, 0.15) is 0 Å². The van der Waals surface area contributed by atoms with Gasteiger partial charge in [-0.2, -0.15) is 14.6 Å². The molecule has 3 aromatic heterocycles. The zero-order chi connectivity index (χ0) is 12.7. The fourth-order valence-corrected chi connectivity index (χ4v) is 1.87. The summed E-state index contributed by atoms with van der Waals surface area (Å²) in [5.74, 6) is 0.385. The van der Waals surface area contributed by atoms with Crippen molar-refractivity contribution in [1.82, 2.24) is 29.4 Å². The number of ether oxygens (including phenoxy) is 1. The van der Waals surface area contributed by atoms with Gasteiger partial charge in [-0.15, -0.1) is 5.10 Å². The van der Waals surface area contributed by atoms with E-state index in [0.29, 0.717) is 16.6 Å². The molecule has 7 nitrogen and oxygen atoms in total. The van der Waals surface area contributed by atoms with Gasteiger partial charge in [-0.3, -0.25) is 4.68 Å². The number of nitrogens with zero attached hydrogens (tertiary/aromatic N) is 6. The number of aryl methyl sites for hydroxylation is 1. The quantitative estimate of drug-likeness (QED) is 0.650. The van der Waals surface area contributed by atoms with Gasteiger partial charge in [0.2, 0.25) is 0 Å². The monoisotopic (exact) mass is 264 g/mol. The average molecular weight is 265 g/mol. The van der Waals surface area contributed by atoms with E-state index < -0.39 is 0 Å². The third-order valence-electron chi connectivity index (χ3n) is 2.52. The Morgan fingerprint density at radius 3 is 2.83 bits per heavy atom. The van der Waals surface area contributed by atoms with Crippen LogP contribution >= 0.6 is 11.6 Å². The molecule has 8 heteroatoms. The second-order valence-corrected chi connectivity index (χ2v) is 4.00. The lowest BCUT2D eigenvalue weighted by molar-refractivity contribution is 0.380. The number of aromatic nitrogens is 6. The lowest BCUT2D eigenvalue weighted by Gasteiger charge is -2.02. The van der Waals surface area contributed by atoms with Gasteiger partial charge in [0.15, 0.2) is 0 Å². The minimum Gasteiger partial charge on any atom is -0.466 e. The highest BCUT2D eigenvalue weighted by Crippen LogP contribution is 2.21. The van der Waals surface area contributed by atoms with Crippen LogP contribution in [-0.4, -0.2) is 36.5 Å². The van der Waals surface area contributed by atoms with E-state index >= 15 is 0 Å². The van der Waals surface area contributed by atoms with Crippen LogP contribution in [0.2, 0.25) is 5.15 Å². The Balaban J connectivity index is 2.23. The summed E-state index contributed by atoms with van der Waals surface area (Å²) in [4.78, 5) is 8.47. The van der Waals surface area contributed by atoms with Crippen LogP contribution in [0.4, 0.5) is 0 Å². The van der Waals surface area contributed by atoms with Crippen LogP contribution < -0.4 is 4.74 Å². The number of rotatable bonds is 2. The maximum atomic E-state index is 6.14. The van der Waals surface area contributed by atoms with Crippen LogP contribution in [-0.2, 0) is 7.05 Å². The van der Waals surface area contributed by atoms with E-state index in [-0.39, 0.29) is 6.01 Å². The molecule has 0 radical (unpaired) electrons. The van der Waals surface area contributed by atoms with E-state index in [1.807, 2.05) is 13.1 Å². The molecular weight excluding hydrogens is 256 g/mol. The SMILES string of the molecule is COc1nc2nc(-c3ccnn3C)cc(Cl)n2n1. The summed E-state index contributed by atoms with van der Waals surface area (Å²) in [6.45, 7) is 0. The molecule has 3 aromatic rings. The van der Waals surface area contributed by atoms with Crippen molar-refractivity contribution in [2.75, 3.05) is 7.11 Å². The summed E-state index contributed by atoms with van der Waals surface area (Å²) in [7, 11) is 3.32. The third kappa shape index (κ3) is 1.60. The van der Waals surface area contributed by atoms with Gasteiger partial charge >= 0.3 is 6.01 Å². The average Bonchev–Trinajstić information content (AvgIpc) is 2.94. The van der Waals surface area contributed by atoms with Crippen LogP contribution in [0.25, 0.3) is 17.2 Å². The molecule has 18 heavy (non-hydrogen) atoms. The van der Waals surface area contributed by atoms with Crippen molar-refractivity contribution in [2.24, 2.45) is 7.05 Å². The summed E-state index contributed by atoms with van der Waals surface area (Å²) in [5, 5.41) is 8.54. The standard InChI is InChI=1S/C10H9ClN6O/c1-16-7(3-4-12-16)6-5-8(11)17-9(13-6)14-10(15-17)18-2/h3-5H,1-2H3. The van der Waals surface area contributed by atoms with Crippen LogP contribution in [0.5, 0.6) is 6.01 Å². The van der Waals surface area contributed by atoms with Gasteiger partial charge in [-0.05, 0) is 6.07 Å². The lowest BCUT2D eigenvalue weighted by Crippen LogP contribution is -1.99. The number of hydrogen-bond acceptors (Lipinski definition) is 5. The van der Waals surface area contributed by atoms with Gasteiger partial charge in [-0.1, -0.05) is 11.6 Å². The molecule has 0 amide bonds. The van der Waals surface area contributed by atoms with Gasteiger partial charge in [0.1, 0.15) is 5.15 Å². The minimum absolute atomic E-state index is 0.228. The first kappa shape index (κ1) is 11.0. The van der Waals surface area contributed by atoms with Crippen LogP contribution in [0.3, 0.4) is 0 Å². The van der Waals surface area contributed by atoms with Crippen molar-refractivity contribution in [2.45, 2.75) is 0 Å².